The van der Waals surface area contributed by atoms with Crippen molar-refractivity contribution in [3.05, 3.63) is 0 Å². The summed E-state index contributed by atoms with van der Waals surface area (Å²) in [7, 11) is -0.393. The summed E-state index contributed by atoms with van der Waals surface area (Å²) in [6.07, 6.45) is 22.0. The van der Waals surface area contributed by atoms with Crippen molar-refractivity contribution in [3.63, 3.8) is 0 Å². The molecule has 4 heteroatoms. The van der Waals surface area contributed by atoms with Crippen LogP contribution < -0.4 is 0 Å². The van der Waals surface area contributed by atoms with E-state index in [2.05, 4.69) is 40.8 Å². The summed E-state index contributed by atoms with van der Waals surface area (Å²) in [5.41, 5.74) is 0. The fourth-order valence-corrected chi connectivity index (χ4v) is 5.20. The van der Waals surface area contributed by atoms with Gasteiger partial charge in [0.25, 0.3) is 0 Å². The first-order valence-corrected chi connectivity index (χ1v) is 16.3. The molecule has 0 saturated heterocycles. The molecule has 0 bridgehead atoms. The Balaban J connectivity index is 3.82. The van der Waals surface area contributed by atoms with Gasteiger partial charge in [0.2, 0.25) is 0 Å². The van der Waals surface area contributed by atoms with Gasteiger partial charge in [-0.1, -0.05) is 124 Å². The van der Waals surface area contributed by atoms with E-state index < -0.39 is 8.32 Å². The molecule has 0 aromatic carbocycles. The SMILES string of the molecule is CCCCCCCCCCCCCCCCC[C@H](CC(=O)OC)O[Si](C)(C)C(C)(C)C. The molecular formula is C27H56O3Si. The lowest BCUT2D eigenvalue weighted by Gasteiger charge is -2.39. The zero-order valence-electron chi connectivity index (χ0n) is 22.3. The van der Waals surface area contributed by atoms with Crippen LogP contribution in [-0.2, 0) is 14.0 Å². The summed E-state index contributed by atoms with van der Waals surface area (Å²) in [5.74, 6) is -0.148. The topological polar surface area (TPSA) is 35.5 Å². The molecule has 186 valence electrons. The molecule has 0 heterocycles. The van der Waals surface area contributed by atoms with Gasteiger partial charge in [0.05, 0.1) is 19.6 Å². The number of rotatable bonds is 20. The fraction of sp³-hybridized carbons (Fsp3) is 0.963. The highest BCUT2D eigenvalue weighted by molar-refractivity contribution is 6.74. The predicted molar refractivity (Wildman–Crippen MR) is 138 cm³/mol. The molecule has 0 fully saturated rings. The van der Waals surface area contributed by atoms with Crippen LogP contribution in [0.15, 0.2) is 0 Å². The maximum atomic E-state index is 11.8. The van der Waals surface area contributed by atoms with E-state index in [1.54, 1.807) is 0 Å². The molecule has 0 saturated carbocycles. The lowest BCUT2D eigenvalue weighted by atomic mass is 10.0. The van der Waals surface area contributed by atoms with Crippen molar-refractivity contribution in [2.75, 3.05) is 7.11 Å². The Labute approximate surface area is 196 Å². The first-order valence-electron chi connectivity index (χ1n) is 13.4. The number of esters is 1. The third kappa shape index (κ3) is 16.9. The van der Waals surface area contributed by atoms with Gasteiger partial charge in [-0.2, -0.15) is 0 Å². The van der Waals surface area contributed by atoms with Crippen LogP contribution in [0.5, 0.6) is 0 Å². The van der Waals surface area contributed by atoms with Gasteiger partial charge in [0.15, 0.2) is 8.32 Å². The predicted octanol–water partition coefficient (Wildman–Crippen LogP) is 9.20. The van der Waals surface area contributed by atoms with Gasteiger partial charge in [-0.15, -0.1) is 0 Å². The first kappa shape index (κ1) is 30.6. The highest BCUT2D eigenvalue weighted by atomic mass is 28.4. The molecule has 0 aliphatic carbocycles. The van der Waals surface area contributed by atoms with Crippen molar-refractivity contribution in [1.29, 1.82) is 0 Å². The van der Waals surface area contributed by atoms with Gasteiger partial charge >= 0.3 is 5.97 Å². The van der Waals surface area contributed by atoms with E-state index in [0.29, 0.717) is 6.42 Å². The second-order valence-electron chi connectivity index (χ2n) is 11.0. The third-order valence-electron chi connectivity index (χ3n) is 7.02. The quantitative estimate of drug-likeness (QED) is 0.104. The highest BCUT2D eigenvalue weighted by Crippen LogP contribution is 2.38. The fourth-order valence-electron chi connectivity index (χ4n) is 3.81. The van der Waals surface area contributed by atoms with Crippen molar-refractivity contribution < 1.29 is 14.0 Å². The first-order chi connectivity index (χ1) is 14.6. The molecule has 0 amide bonds. The van der Waals surface area contributed by atoms with Crippen LogP contribution in [0.4, 0.5) is 0 Å². The zero-order valence-corrected chi connectivity index (χ0v) is 23.3. The van der Waals surface area contributed by atoms with Gasteiger partial charge in [-0.3, -0.25) is 4.79 Å². The number of ether oxygens (including phenoxy) is 1. The van der Waals surface area contributed by atoms with Crippen molar-refractivity contribution in [1.82, 2.24) is 0 Å². The number of hydrogen-bond donors (Lipinski definition) is 0. The van der Waals surface area contributed by atoms with E-state index in [9.17, 15) is 4.79 Å². The Kier molecular flexibility index (Phi) is 17.9. The normalized spacial score (nSPS) is 13.4. The van der Waals surface area contributed by atoms with Crippen molar-refractivity contribution >= 4 is 14.3 Å². The average Bonchev–Trinajstić information content (AvgIpc) is 2.69. The summed E-state index contributed by atoms with van der Waals surface area (Å²) in [5, 5.41) is 0.163. The molecule has 0 N–H and O–H groups in total. The van der Waals surface area contributed by atoms with Gasteiger partial charge < -0.3 is 9.16 Å². The van der Waals surface area contributed by atoms with Crippen molar-refractivity contribution in [2.24, 2.45) is 0 Å². The van der Waals surface area contributed by atoms with Crippen LogP contribution in [0.2, 0.25) is 18.1 Å². The number of hydrogen-bond acceptors (Lipinski definition) is 3. The standard InChI is InChI=1S/C27H56O3Si/c1-8-9-10-11-12-13-14-15-16-17-18-19-20-21-22-23-25(24-26(28)29-5)30-31(6,7)27(2,3)4/h25H,8-24H2,1-7H3/t25-/m1/s1. The van der Waals surface area contributed by atoms with Gasteiger partial charge in [0, 0.05) is 0 Å². The second-order valence-corrected chi connectivity index (χ2v) is 15.8. The van der Waals surface area contributed by atoms with Crippen LogP contribution in [0, 0.1) is 0 Å². The molecule has 0 aliphatic heterocycles. The summed E-state index contributed by atoms with van der Waals surface area (Å²) in [6.45, 7) is 13.6. The molecule has 0 radical (unpaired) electrons. The van der Waals surface area contributed by atoms with E-state index >= 15 is 0 Å². The molecule has 0 aromatic heterocycles. The molecule has 1 atom stereocenters. The van der Waals surface area contributed by atoms with E-state index in [4.69, 9.17) is 9.16 Å². The van der Waals surface area contributed by atoms with E-state index in [1.165, 1.54) is 97.0 Å². The maximum Gasteiger partial charge on any atom is 0.308 e. The zero-order chi connectivity index (χ0) is 23.6. The Hall–Kier alpha value is -0.353. The third-order valence-corrected chi connectivity index (χ3v) is 11.6. The van der Waals surface area contributed by atoms with Crippen molar-refractivity contribution in [3.8, 4) is 0 Å². The van der Waals surface area contributed by atoms with Crippen LogP contribution in [-0.4, -0.2) is 27.5 Å². The molecule has 31 heavy (non-hydrogen) atoms. The molecule has 0 unspecified atom stereocenters. The maximum absolute atomic E-state index is 11.8. The lowest BCUT2D eigenvalue weighted by molar-refractivity contribution is -0.142. The Morgan fingerprint density at radius 3 is 1.48 bits per heavy atom. The smallest absolute Gasteiger partial charge is 0.308 e. The Bertz CT molecular complexity index is 429. The largest absolute Gasteiger partial charge is 0.469 e. The van der Waals surface area contributed by atoms with Crippen molar-refractivity contribution in [2.45, 2.75) is 161 Å². The number of carbonyl (C=O) groups excluding carboxylic acids is 1. The van der Waals surface area contributed by atoms with Crippen LogP contribution in [0.1, 0.15) is 137 Å². The van der Waals surface area contributed by atoms with Gasteiger partial charge in [-0.25, -0.2) is 0 Å². The van der Waals surface area contributed by atoms with Crippen LogP contribution in [0.3, 0.4) is 0 Å². The molecule has 0 rings (SSSR count). The molecule has 0 aromatic rings. The molecule has 0 aliphatic rings. The average molecular weight is 457 g/mol. The Morgan fingerprint density at radius 2 is 1.13 bits per heavy atom. The van der Waals surface area contributed by atoms with E-state index in [1.807, 2.05) is 0 Å². The number of unbranched alkanes of at least 4 members (excludes halogenated alkanes) is 14. The minimum atomic E-state index is -1.86. The monoisotopic (exact) mass is 456 g/mol. The minimum absolute atomic E-state index is 0.00955. The highest BCUT2D eigenvalue weighted by Gasteiger charge is 2.39. The summed E-state index contributed by atoms with van der Waals surface area (Å²) < 4.78 is 11.4. The molecular weight excluding hydrogens is 400 g/mol. The summed E-state index contributed by atoms with van der Waals surface area (Å²) in [6, 6.07) is 0. The van der Waals surface area contributed by atoms with E-state index in [0.717, 1.165) is 12.8 Å². The minimum Gasteiger partial charge on any atom is -0.469 e. The summed E-state index contributed by atoms with van der Waals surface area (Å²) >= 11 is 0. The molecule has 0 spiro atoms. The van der Waals surface area contributed by atoms with Gasteiger partial charge in [0.1, 0.15) is 0 Å². The van der Waals surface area contributed by atoms with Crippen LogP contribution >= 0.6 is 0 Å². The second kappa shape index (κ2) is 18.1. The lowest BCUT2D eigenvalue weighted by Crippen LogP contribution is -2.44. The summed E-state index contributed by atoms with van der Waals surface area (Å²) in [4.78, 5) is 11.8. The molecule has 3 nitrogen and oxygen atoms in total. The Morgan fingerprint density at radius 1 is 0.742 bits per heavy atom. The number of carbonyl (C=O) groups is 1. The van der Waals surface area contributed by atoms with Gasteiger partial charge in [-0.05, 0) is 24.6 Å². The van der Waals surface area contributed by atoms with Crippen LogP contribution in [0.25, 0.3) is 0 Å². The number of methoxy groups -OCH3 is 1. The van der Waals surface area contributed by atoms with E-state index in [-0.39, 0.29) is 17.1 Å².